The fourth-order valence-electron chi connectivity index (χ4n) is 3.16. The third kappa shape index (κ3) is 5.46. The van der Waals surface area contributed by atoms with Crippen LogP contribution in [0.2, 0.25) is 0 Å². The largest absolute Gasteiger partial charge is 0.383 e. The molecule has 2 atom stereocenters. The Morgan fingerprint density at radius 1 is 1.42 bits per heavy atom. The fourth-order valence-corrected chi connectivity index (χ4v) is 3.94. The highest BCUT2D eigenvalue weighted by Gasteiger charge is 2.24. The molecule has 2 unspecified atom stereocenters. The third-order valence-electron chi connectivity index (χ3n) is 4.69. The summed E-state index contributed by atoms with van der Waals surface area (Å²) in [5.74, 6) is 0.787. The van der Waals surface area contributed by atoms with Crippen LogP contribution in [0.1, 0.15) is 45.6 Å². The molecule has 0 radical (unpaired) electrons. The molecule has 1 aliphatic heterocycles. The Bertz CT molecular complexity index is 501. The van der Waals surface area contributed by atoms with E-state index < -0.39 is 5.60 Å². The molecule has 3 N–H and O–H groups in total. The van der Waals surface area contributed by atoms with Crippen molar-refractivity contribution in [1.29, 1.82) is 0 Å². The summed E-state index contributed by atoms with van der Waals surface area (Å²) in [5, 5.41) is 21.3. The van der Waals surface area contributed by atoms with E-state index in [1.807, 2.05) is 23.8 Å². The summed E-state index contributed by atoms with van der Waals surface area (Å²) in [7, 11) is 0. The molecule has 136 valence electrons. The van der Waals surface area contributed by atoms with Crippen LogP contribution in [0.25, 0.3) is 0 Å². The standard InChI is InChI=1S/C18H32N4OS/c1-4-19-17(20-12-16-8-6-7-10-22(16)5-2)21-14-18(3,23)15-9-11-24-13-15/h9,11,13,16,23H,4-8,10,12,14H2,1-3H3,(H2,19,20,21). The van der Waals surface area contributed by atoms with Gasteiger partial charge < -0.3 is 15.7 Å². The van der Waals surface area contributed by atoms with Crippen molar-refractivity contribution in [3.8, 4) is 0 Å². The lowest BCUT2D eigenvalue weighted by molar-refractivity contribution is 0.0677. The van der Waals surface area contributed by atoms with Crippen LogP contribution in [-0.2, 0) is 5.60 Å². The third-order valence-corrected chi connectivity index (χ3v) is 5.38. The number of thiophene rings is 1. The molecule has 5 nitrogen and oxygen atoms in total. The Morgan fingerprint density at radius 3 is 2.92 bits per heavy atom. The summed E-state index contributed by atoms with van der Waals surface area (Å²) >= 11 is 1.60. The molecule has 0 amide bonds. The van der Waals surface area contributed by atoms with Crippen molar-refractivity contribution >= 4 is 17.3 Å². The molecule has 6 heteroatoms. The number of nitrogens with one attached hydrogen (secondary N) is 2. The van der Waals surface area contributed by atoms with Gasteiger partial charge in [-0.25, -0.2) is 4.99 Å². The Kier molecular flexibility index (Phi) is 7.52. The van der Waals surface area contributed by atoms with E-state index in [2.05, 4.69) is 34.4 Å². The summed E-state index contributed by atoms with van der Waals surface area (Å²) < 4.78 is 0. The van der Waals surface area contributed by atoms with Crippen molar-refractivity contribution in [2.24, 2.45) is 4.99 Å². The van der Waals surface area contributed by atoms with Crippen molar-refractivity contribution < 1.29 is 5.11 Å². The topological polar surface area (TPSA) is 59.9 Å². The van der Waals surface area contributed by atoms with Crippen LogP contribution in [0, 0.1) is 0 Å². The summed E-state index contributed by atoms with van der Waals surface area (Å²) in [6, 6.07) is 2.53. The first-order chi connectivity index (χ1) is 11.6. The van der Waals surface area contributed by atoms with Crippen molar-refractivity contribution in [3.63, 3.8) is 0 Å². The second-order valence-electron chi connectivity index (χ2n) is 6.64. The zero-order valence-electron chi connectivity index (χ0n) is 15.2. The number of hydrogen-bond donors (Lipinski definition) is 3. The number of aliphatic imine (C=N–C) groups is 1. The molecule has 1 aromatic heterocycles. The maximum Gasteiger partial charge on any atom is 0.191 e. The minimum atomic E-state index is -0.928. The van der Waals surface area contributed by atoms with Crippen molar-refractivity contribution in [1.82, 2.24) is 15.5 Å². The van der Waals surface area contributed by atoms with Gasteiger partial charge in [-0.3, -0.25) is 4.90 Å². The number of likely N-dealkylation sites (N-methyl/N-ethyl adjacent to an activating group) is 1. The van der Waals surface area contributed by atoms with Gasteiger partial charge in [0, 0.05) is 19.1 Å². The summed E-state index contributed by atoms with van der Waals surface area (Å²) in [4.78, 5) is 7.15. The van der Waals surface area contributed by atoms with Gasteiger partial charge in [0.1, 0.15) is 5.60 Å². The number of hydrogen-bond acceptors (Lipinski definition) is 4. The lowest BCUT2D eigenvalue weighted by atomic mass is 10.00. The minimum absolute atomic E-state index is 0.348. The van der Waals surface area contributed by atoms with Crippen LogP contribution < -0.4 is 10.6 Å². The van der Waals surface area contributed by atoms with E-state index in [9.17, 15) is 5.11 Å². The smallest absolute Gasteiger partial charge is 0.191 e. The molecule has 24 heavy (non-hydrogen) atoms. The van der Waals surface area contributed by atoms with Crippen LogP contribution in [-0.4, -0.2) is 54.7 Å². The maximum atomic E-state index is 10.6. The normalized spacial score (nSPS) is 22.2. The quantitative estimate of drug-likeness (QED) is 0.521. The molecular formula is C18H32N4OS. The van der Waals surface area contributed by atoms with Crippen molar-refractivity contribution in [2.45, 2.75) is 51.7 Å². The van der Waals surface area contributed by atoms with E-state index in [0.717, 1.165) is 31.2 Å². The second kappa shape index (κ2) is 9.39. The zero-order chi connectivity index (χ0) is 17.4. The van der Waals surface area contributed by atoms with Crippen molar-refractivity contribution in [3.05, 3.63) is 22.4 Å². The maximum absolute atomic E-state index is 10.6. The zero-order valence-corrected chi connectivity index (χ0v) is 16.0. The molecule has 2 heterocycles. The number of guanidine groups is 1. The molecule has 1 aliphatic rings. The van der Waals surface area contributed by atoms with Gasteiger partial charge in [0.25, 0.3) is 0 Å². The van der Waals surface area contributed by atoms with Gasteiger partial charge in [-0.15, -0.1) is 0 Å². The summed E-state index contributed by atoms with van der Waals surface area (Å²) in [6.07, 6.45) is 3.86. The minimum Gasteiger partial charge on any atom is -0.383 e. The molecule has 1 aromatic rings. The highest BCUT2D eigenvalue weighted by Crippen LogP contribution is 2.23. The highest BCUT2D eigenvalue weighted by molar-refractivity contribution is 7.08. The SMILES string of the molecule is CCNC(=NCC(C)(O)c1ccsc1)NCC1CCCCN1CC. The van der Waals surface area contributed by atoms with E-state index >= 15 is 0 Å². The molecule has 0 spiro atoms. The van der Waals surface area contributed by atoms with Gasteiger partial charge in [0.15, 0.2) is 5.96 Å². The first-order valence-corrected chi connectivity index (χ1v) is 10.0. The Labute approximate surface area is 150 Å². The monoisotopic (exact) mass is 352 g/mol. The van der Waals surface area contributed by atoms with E-state index in [1.165, 1.54) is 25.8 Å². The van der Waals surface area contributed by atoms with Gasteiger partial charge in [-0.2, -0.15) is 11.3 Å². The second-order valence-corrected chi connectivity index (χ2v) is 7.42. The number of aliphatic hydroxyl groups is 1. The number of likely N-dealkylation sites (tertiary alicyclic amines) is 1. The van der Waals surface area contributed by atoms with Gasteiger partial charge in [-0.1, -0.05) is 13.3 Å². The first-order valence-electron chi connectivity index (χ1n) is 9.08. The Hall–Kier alpha value is -1.11. The van der Waals surface area contributed by atoms with Crippen LogP contribution in [0.15, 0.2) is 21.8 Å². The van der Waals surface area contributed by atoms with Crippen LogP contribution in [0.4, 0.5) is 0 Å². The number of rotatable bonds is 7. The first kappa shape index (κ1) is 19.2. The lowest BCUT2D eigenvalue weighted by Crippen LogP contribution is -2.49. The number of nitrogens with zero attached hydrogens (tertiary/aromatic N) is 2. The van der Waals surface area contributed by atoms with Gasteiger partial charge in [-0.05, 0) is 62.2 Å². The average molecular weight is 353 g/mol. The fraction of sp³-hybridized carbons (Fsp3) is 0.722. The summed E-state index contributed by atoms with van der Waals surface area (Å²) in [5.41, 5.74) is -0.000584. The predicted molar refractivity (Wildman–Crippen MR) is 103 cm³/mol. The van der Waals surface area contributed by atoms with Crippen LogP contribution in [0.3, 0.4) is 0 Å². The Morgan fingerprint density at radius 2 is 2.25 bits per heavy atom. The van der Waals surface area contributed by atoms with Crippen LogP contribution in [0.5, 0.6) is 0 Å². The predicted octanol–water partition coefficient (Wildman–Crippen LogP) is 2.39. The Balaban J connectivity index is 1.93. The highest BCUT2D eigenvalue weighted by atomic mass is 32.1. The average Bonchev–Trinajstić information content (AvgIpc) is 3.13. The number of piperidine rings is 1. The van der Waals surface area contributed by atoms with E-state index in [-0.39, 0.29) is 0 Å². The van der Waals surface area contributed by atoms with E-state index in [1.54, 1.807) is 11.3 Å². The van der Waals surface area contributed by atoms with Gasteiger partial charge in [0.05, 0.1) is 6.54 Å². The molecule has 1 fully saturated rings. The summed E-state index contributed by atoms with van der Waals surface area (Å²) in [6.45, 7) is 10.5. The molecule has 0 bridgehead atoms. The molecule has 0 saturated carbocycles. The van der Waals surface area contributed by atoms with E-state index in [0.29, 0.717) is 12.6 Å². The van der Waals surface area contributed by atoms with E-state index in [4.69, 9.17) is 0 Å². The van der Waals surface area contributed by atoms with Gasteiger partial charge in [0.2, 0.25) is 0 Å². The van der Waals surface area contributed by atoms with Crippen LogP contribution >= 0.6 is 11.3 Å². The molecule has 0 aromatic carbocycles. The molecular weight excluding hydrogens is 320 g/mol. The molecule has 1 saturated heterocycles. The van der Waals surface area contributed by atoms with Gasteiger partial charge >= 0.3 is 0 Å². The van der Waals surface area contributed by atoms with Crippen molar-refractivity contribution in [2.75, 3.05) is 32.7 Å². The molecule has 0 aliphatic carbocycles. The molecule has 2 rings (SSSR count). The lowest BCUT2D eigenvalue weighted by Gasteiger charge is -2.35.